The SMILES string of the molecule is COc1cccc2c1cc(C)n2CCNc1cc(-c2ccc(CO)c(C)c2)ncn1. The molecule has 0 radical (unpaired) electrons. The smallest absolute Gasteiger partial charge is 0.130 e. The lowest BCUT2D eigenvalue weighted by molar-refractivity contribution is 0.281. The van der Waals surface area contributed by atoms with E-state index in [-0.39, 0.29) is 6.61 Å². The van der Waals surface area contributed by atoms with Crippen molar-refractivity contribution < 1.29 is 9.84 Å². The van der Waals surface area contributed by atoms with Gasteiger partial charge < -0.3 is 19.7 Å². The van der Waals surface area contributed by atoms with E-state index in [1.807, 2.05) is 43.3 Å². The minimum atomic E-state index is 0.0437. The Morgan fingerprint density at radius 2 is 1.93 bits per heavy atom. The second kappa shape index (κ2) is 8.55. The summed E-state index contributed by atoms with van der Waals surface area (Å²) in [4.78, 5) is 8.77. The fourth-order valence-corrected chi connectivity index (χ4v) is 3.80. The van der Waals surface area contributed by atoms with Gasteiger partial charge in [-0.2, -0.15) is 0 Å². The summed E-state index contributed by atoms with van der Waals surface area (Å²) in [6.07, 6.45) is 1.58. The van der Waals surface area contributed by atoms with Crippen LogP contribution in [-0.4, -0.2) is 33.3 Å². The normalized spacial score (nSPS) is 11.1. The van der Waals surface area contributed by atoms with Crippen molar-refractivity contribution in [1.82, 2.24) is 14.5 Å². The van der Waals surface area contributed by atoms with E-state index in [0.29, 0.717) is 0 Å². The fourth-order valence-electron chi connectivity index (χ4n) is 3.80. The Labute approximate surface area is 176 Å². The summed E-state index contributed by atoms with van der Waals surface area (Å²) in [6.45, 7) is 5.70. The first-order valence-corrected chi connectivity index (χ1v) is 10.00. The highest BCUT2D eigenvalue weighted by atomic mass is 16.5. The van der Waals surface area contributed by atoms with Gasteiger partial charge in [-0.3, -0.25) is 0 Å². The summed E-state index contributed by atoms with van der Waals surface area (Å²) >= 11 is 0. The highest BCUT2D eigenvalue weighted by Crippen LogP contribution is 2.28. The average molecular weight is 402 g/mol. The second-order valence-electron chi connectivity index (χ2n) is 7.35. The van der Waals surface area contributed by atoms with Gasteiger partial charge in [0, 0.05) is 35.8 Å². The number of aliphatic hydroxyl groups is 1. The van der Waals surface area contributed by atoms with Crippen molar-refractivity contribution in [2.45, 2.75) is 27.0 Å². The summed E-state index contributed by atoms with van der Waals surface area (Å²) < 4.78 is 7.77. The van der Waals surface area contributed by atoms with Crippen LogP contribution in [0.15, 0.2) is 54.9 Å². The number of methoxy groups -OCH3 is 1. The van der Waals surface area contributed by atoms with Crippen LogP contribution >= 0.6 is 0 Å². The second-order valence-corrected chi connectivity index (χ2v) is 7.35. The number of benzene rings is 2. The minimum absolute atomic E-state index is 0.0437. The molecule has 0 aliphatic carbocycles. The molecule has 4 rings (SSSR count). The standard InChI is InChI=1S/C24H26N4O2/c1-16-11-18(7-8-19(16)14-29)21-13-24(27-15-26-21)25-9-10-28-17(2)12-20-22(28)5-4-6-23(20)30-3/h4-8,11-13,15,29H,9-10,14H2,1-3H3,(H,25,26,27). The van der Waals surface area contributed by atoms with E-state index in [1.54, 1.807) is 13.4 Å². The molecule has 2 heterocycles. The van der Waals surface area contributed by atoms with Crippen LogP contribution in [0, 0.1) is 13.8 Å². The van der Waals surface area contributed by atoms with Gasteiger partial charge in [0.25, 0.3) is 0 Å². The number of aryl methyl sites for hydroxylation is 2. The maximum absolute atomic E-state index is 9.37. The van der Waals surface area contributed by atoms with Gasteiger partial charge in [0.1, 0.15) is 17.9 Å². The van der Waals surface area contributed by atoms with Crippen LogP contribution in [0.25, 0.3) is 22.2 Å². The van der Waals surface area contributed by atoms with Crippen molar-refractivity contribution in [1.29, 1.82) is 0 Å². The lowest BCUT2D eigenvalue weighted by atomic mass is 10.0. The highest BCUT2D eigenvalue weighted by Gasteiger charge is 2.10. The van der Waals surface area contributed by atoms with Crippen LogP contribution in [0.3, 0.4) is 0 Å². The Morgan fingerprint density at radius 1 is 1.07 bits per heavy atom. The molecule has 2 aromatic carbocycles. The van der Waals surface area contributed by atoms with Gasteiger partial charge in [0.15, 0.2) is 0 Å². The van der Waals surface area contributed by atoms with Crippen LogP contribution in [0.5, 0.6) is 5.75 Å². The molecule has 30 heavy (non-hydrogen) atoms. The van der Waals surface area contributed by atoms with Gasteiger partial charge in [0.2, 0.25) is 0 Å². The summed E-state index contributed by atoms with van der Waals surface area (Å²) in [5, 5.41) is 13.9. The number of hydrogen-bond donors (Lipinski definition) is 2. The third kappa shape index (κ3) is 3.86. The Balaban J connectivity index is 1.49. The number of aromatic nitrogens is 3. The molecule has 4 aromatic rings. The molecule has 0 aliphatic heterocycles. The van der Waals surface area contributed by atoms with Crippen molar-refractivity contribution in [3.8, 4) is 17.0 Å². The predicted molar refractivity (Wildman–Crippen MR) is 120 cm³/mol. The van der Waals surface area contributed by atoms with E-state index < -0.39 is 0 Å². The van der Waals surface area contributed by atoms with Gasteiger partial charge in [0.05, 0.1) is 24.9 Å². The molecule has 6 heteroatoms. The first-order valence-electron chi connectivity index (χ1n) is 10.00. The van der Waals surface area contributed by atoms with Crippen LogP contribution in [0.1, 0.15) is 16.8 Å². The number of hydrogen-bond acceptors (Lipinski definition) is 5. The molecule has 0 spiro atoms. The average Bonchev–Trinajstić information content (AvgIpc) is 3.09. The maximum Gasteiger partial charge on any atom is 0.130 e. The lowest BCUT2D eigenvalue weighted by Crippen LogP contribution is -2.12. The third-order valence-electron chi connectivity index (χ3n) is 5.45. The third-order valence-corrected chi connectivity index (χ3v) is 5.45. The van der Waals surface area contributed by atoms with Crippen molar-refractivity contribution >= 4 is 16.7 Å². The molecular formula is C24H26N4O2. The largest absolute Gasteiger partial charge is 0.496 e. The van der Waals surface area contributed by atoms with E-state index >= 15 is 0 Å². The van der Waals surface area contributed by atoms with E-state index in [4.69, 9.17) is 4.74 Å². The number of aliphatic hydroxyl groups excluding tert-OH is 1. The quantitative estimate of drug-likeness (QED) is 0.481. The van der Waals surface area contributed by atoms with Crippen LogP contribution in [0.4, 0.5) is 5.82 Å². The minimum Gasteiger partial charge on any atom is -0.496 e. The molecule has 0 saturated carbocycles. The van der Waals surface area contributed by atoms with Gasteiger partial charge in [-0.15, -0.1) is 0 Å². The van der Waals surface area contributed by atoms with E-state index in [0.717, 1.165) is 57.9 Å². The zero-order chi connectivity index (χ0) is 21.1. The van der Waals surface area contributed by atoms with Crippen LogP contribution in [-0.2, 0) is 13.2 Å². The number of nitrogens with one attached hydrogen (secondary N) is 1. The fraction of sp³-hybridized carbons (Fsp3) is 0.250. The molecule has 0 atom stereocenters. The summed E-state index contributed by atoms with van der Waals surface area (Å²) in [5.74, 6) is 1.68. The summed E-state index contributed by atoms with van der Waals surface area (Å²) in [6, 6.07) is 16.2. The first kappa shape index (κ1) is 19.9. The number of ether oxygens (including phenoxy) is 1. The zero-order valence-corrected chi connectivity index (χ0v) is 17.5. The number of fused-ring (bicyclic) bond motifs is 1. The topological polar surface area (TPSA) is 72.2 Å². The van der Waals surface area contributed by atoms with Crippen molar-refractivity contribution in [3.05, 3.63) is 71.7 Å². The Hall–Kier alpha value is -3.38. The molecule has 2 N–H and O–H groups in total. The van der Waals surface area contributed by atoms with E-state index in [2.05, 4.69) is 38.9 Å². The lowest BCUT2D eigenvalue weighted by Gasteiger charge is -2.11. The van der Waals surface area contributed by atoms with Crippen LogP contribution in [0.2, 0.25) is 0 Å². The first-order chi connectivity index (χ1) is 14.6. The molecule has 0 unspecified atom stereocenters. The van der Waals surface area contributed by atoms with Crippen LogP contribution < -0.4 is 10.1 Å². The summed E-state index contributed by atoms with van der Waals surface area (Å²) in [5.41, 5.74) is 6.20. The van der Waals surface area contributed by atoms with Gasteiger partial charge >= 0.3 is 0 Å². The maximum atomic E-state index is 9.37. The summed E-state index contributed by atoms with van der Waals surface area (Å²) in [7, 11) is 1.70. The molecule has 0 amide bonds. The van der Waals surface area contributed by atoms with Crippen molar-refractivity contribution in [2.75, 3.05) is 19.0 Å². The molecular weight excluding hydrogens is 376 g/mol. The Kier molecular flexibility index (Phi) is 5.68. The monoisotopic (exact) mass is 402 g/mol. The van der Waals surface area contributed by atoms with Gasteiger partial charge in [-0.1, -0.05) is 18.2 Å². The van der Waals surface area contributed by atoms with Gasteiger partial charge in [-0.05, 0) is 49.2 Å². The molecule has 6 nitrogen and oxygen atoms in total. The Bertz CT molecular complexity index is 1180. The number of rotatable bonds is 7. The molecule has 0 saturated heterocycles. The molecule has 0 fully saturated rings. The molecule has 2 aromatic heterocycles. The zero-order valence-electron chi connectivity index (χ0n) is 17.5. The van der Waals surface area contributed by atoms with E-state index in [1.165, 1.54) is 5.69 Å². The van der Waals surface area contributed by atoms with Crippen molar-refractivity contribution in [2.24, 2.45) is 0 Å². The molecule has 0 aliphatic rings. The number of nitrogens with zero attached hydrogens (tertiary/aromatic N) is 3. The highest BCUT2D eigenvalue weighted by molar-refractivity contribution is 5.87. The molecule has 154 valence electrons. The van der Waals surface area contributed by atoms with Crippen molar-refractivity contribution in [3.63, 3.8) is 0 Å². The number of anilines is 1. The molecule has 0 bridgehead atoms. The Morgan fingerprint density at radius 3 is 2.70 bits per heavy atom. The van der Waals surface area contributed by atoms with Gasteiger partial charge in [-0.25, -0.2) is 9.97 Å². The predicted octanol–water partition coefficient (Wildman–Crippen LogP) is 4.33. The van der Waals surface area contributed by atoms with E-state index in [9.17, 15) is 5.11 Å².